The summed E-state index contributed by atoms with van der Waals surface area (Å²) in [5.74, 6) is 0. The number of rotatable bonds is 8. The molecule has 2 aromatic heterocycles. The number of aromatic nitrogens is 2. The van der Waals surface area contributed by atoms with Crippen LogP contribution in [0.3, 0.4) is 0 Å². The SMILES string of the molecule is CC1(c2ccc3c(c2)c2cc(-c4ccccc4)ccc2n3-c2ccc(Cc3ccc(-n4c5ccc(-c6ccccc6)cc5c5cc(-c6ccccc6)ccc54)cc3)cc2)C=CC=CC1. The number of hydrogen-bond donors (Lipinski definition) is 0. The number of hydrogen-bond acceptors (Lipinski definition) is 0. The summed E-state index contributed by atoms with van der Waals surface area (Å²) in [6.45, 7) is 2.35. The van der Waals surface area contributed by atoms with Crippen molar-refractivity contribution in [2.75, 3.05) is 0 Å². The van der Waals surface area contributed by atoms with Gasteiger partial charge in [-0.05, 0) is 136 Å². The van der Waals surface area contributed by atoms with Gasteiger partial charge < -0.3 is 9.13 Å². The molecule has 0 aliphatic heterocycles. The van der Waals surface area contributed by atoms with Crippen molar-refractivity contribution in [2.24, 2.45) is 0 Å². The van der Waals surface area contributed by atoms with Crippen LogP contribution in [0.2, 0.25) is 0 Å². The van der Waals surface area contributed by atoms with Crippen molar-refractivity contribution >= 4 is 43.6 Å². The zero-order chi connectivity index (χ0) is 42.6. The van der Waals surface area contributed by atoms with Gasteiger partial charge in [-0.1, -0.05) is 171 Å². The Morgan fingerprint density at radius 1 is 0.375 bits per heavy atom. The van der Waals surface area contributed by atoms with Gasteiger partial charge in [0.1, 0.15) is 0 Å². The molecule has 12 rings (SSSR count). The molecule has 64 heavy (non-hydrogen) atoms. The Hall–Kier alpha value is -7.94. The quantitative estimate of drug-likeness (QED) is 0.145. The molecule has 0 N–H and O–H groups in total. The average molecular weight is 819 g/mol. The monoisotopic (exact) mass is 818 g/mol. The molecular formula is C62H46N2. The molecule has 0 saturated heterocycles. The van der Waals surface area contributed by atoms with E-state index in [0.29, 0.717) is 0 Å². The van der Waals surface area contributed by atoms with Crippen LogP contribution >= 0.6 is 0 Å². The van der Waals surface area contributed by atoms with Gasteiger partial charge in [0.25, 0.3) is 0 Å². The molecule has 2 heteroatoms. The van der Waals surface area contributed by atoms with E-state index >= 15 is 0 Å². The molecule has 2 heterocycles. The highest BCUT2D eigenvalue weighted by Crippen LogP contribution is 2.41. The van der Waals surface area contributed by atoms with Crippen molar-refractivity contribution < 1.29 is 0 Å². The van der Waals surface area contributed by atoms with E-state index in [1.54, 1.807) is 0 Å². The molecule has 0 bridgehead atoms. The lowest BCUT2D eigenvalue weighted by Gasteiger charge is -2.27. The average Bonchev–Trinajstić information content (AvgIpc) is 3.87. The van der Waals surface area contributed by atoms with Gasteiger partial charge in [-0.2, -0.15) is 0 Å². The lowest BCUT2D eigenvalue weighted by atomic mass is 9.77. The highest BCUT2D eigenvalue weighted by Gasteiger charge is 2.25. The van der Waals surface area contributed by atoms with Gasteiger partial charge in [0.2, 0.25) is 0 Å². The molecule has 0 radical (unpaired) electrons. The van der Waals surface area contributed by atoms with Crippen molar-refractivity contribution in [2.45, 2.75) is 25.2 Å². The van der Waals surface area contributed by atoms with Gasteiger partial charge in [-0.15, -0.1) is 0 Å². The summed E-state index contributed by atoms with van der Waals surface area (Å²) in [4.78, 5) is 0. The van der Waals surface area contributed by atoms with E-state index in [0.717, 1.165) is 18.5 Å². The first-order valence-corrected chi connectivity index (χ1v) is 22.4. The Balaban J connectivity index is 0.882. The smallest absolute Gasteiger partial charge is 0.0541 e. The van der Waals surface area contributed by atoms with Crippen molar-refractivity contribution in [3.05, 3.63) is 253 Å². The summed E-state index contributed by atoms with van der Waals surface area (Å²) in [5, 5.41) is 5.08. The minimum Gasteiger partial charge on any atom is -0.309 e. The summed E-state index contributed by atoms with van der Waals surface area (Å²) in [5.41, 5.74) is 18.4. The van der Waals surface area contributed by atoms with Crippen molar-refractivity contribution in [1.82, 2.24) is 9.13 Å². The van der Waals surface area contributed by atoms with E-state index in [-0.39, 0.29) is 5.41 Å². The van der Waals surface area contributed by atoms with E-state index in [1.807, 2.05) is 0 Å². The van der Waals surface area contributed by atoms with Crippen LogP contribution < -0.4 is 0 Å². The number of benzene rings is 9. The third kappa shape index (κ3) is 6.58. The molecule has 1 atom stereocenters. The molecule has 0 amide bonds. The van der Waals surface area contributed by atoms with Gasteiger partial charge in [-0.25, -0.2) is 0 Å². The van der Waals surface area contributed by atoms with E-state index in [9.17, 15) is 0 Å². The molecule has 0 saturated carbocycles. The molecule has 0 spiro atoms. The summed E-state index contributed by atoms with van der Waals surface area (Å²) in [7, 11) is 0. The fraction of sp³-hybridized carbons (Fsp3) is 0.0645. The fourth-order valence-electron chi connectivity index (χ4n) is 10.1. The maximum Gasteiger partial charge on any atom is 0.0541 e. The fourth-order valence-corrected chi connectivity index (χ4v) is 10.1. The molecule has 304 valence electrons. The van der Waals surface area contributed by atoms with Crippen LogP contribution in [0.15, 0.2) is 237 Å². The largest absolute Gasteiger partial charge is 0.309 e. The van der Waals surface area contributed by atoms with Crippen molar-refractivity contribution in [3.63, 3.8) is 0 Å². The maximum absolute atomic E-state index is 2.44. The zero-order valence-electron chi connectivity index (χ0n) is 35.8. The van der Waals surface area contributed by atoms with Crippen LogP contribution in [0.5, 0.6) is 0 Å². The van der Waals surface area contributed by atoms with Crippen LogP contribution in [0.25, 0.3) is 88.4 Å². The Morgan fingerprint density at radius 2 is 0.766 bits per heavy atom. The Bertz CT molecular complexity index is 3470. The predicted molar refractivity (Wildman–Crippen MR) is 271 cm³/mol. The summed E-state index contributed by atoms with van der Waals surface area (Å²) in [6.07, 6.45) is 10.8. The summed E-state index contributed by atoms with van der Waals surface area (Å²) >= 11 is 0. The molecule has 2 nitrogen and oxygen atoms in total. The van der Waals surface area contributed by atoms with E-state index in [1.165, 1.54) is 99.4 Å². The second-order valence-corrected chi connectivity index (χ2v) is 17.6. The van der Waals surface area contributed by atoms with Crippen molar-refractivity contribution in [3.8, 4) is 44.8 Å². The normalized spacial score (nSPS) is 14.9. The first-order valence-electron chi connectivity index (χ1n) is 22.4. The molecule has 0 fully saturated rings. The highest BCUT2D eigenvalue weighted by atomic mass is 15.0. The molecule has 1 unspecified atom stereocenters. The lowest BCUT2D eigenvalue weighted by Crippen LogP contribution is -2.19. The minimum atomic E-state index is -0.0309. The second kappa shape index (κ2) is 15.4. The highest BCUT2D eigenvalue weighted by molar-refractivity contribution is 6.12. The Labute approximate surface area is 374 Å². The first kappa shape index (κ1) is 37.8. The third-order valence-corrected chi connectivity index (χ3v) is 13.6. The summed E-state index contributed by atoms with van der Waals surface area (Å²) in [6, 6.07) is 78.3. The van der Waals surface area contributed by atoms with Crippen LogP contribution in [0, 0.1) is 0 Å². The van der Waals surface area contributed by atoms with Crippen LogP contribution in [-0.4, -0.2) is 9.13 Å². The zero-order valence-corrected chi connectivity index (χ0v) is 35.8. The van der Waals surface area contributed by atoms with Crippen LogP contribution in [0.4, 0.5) is 0 Å². The maximum atomic E-state index is 2.44. The standard InChI is InChI=1S/C62H46N2/c1-62(36-12-5-13-37-62)51-27-35-61-57(42-51)56-41-50(47-18-10-4-11-19-47)26-34-60(56)64(61)53-30-22-44(23-31-53)38-43-20-28-52(29-21-43)63-58-32-24-48(45-14-6-2-7-15-45)39-54(58)55-40-49(25-33-59(55)63)46-16-8-3-9-17-46/h2-36,39-42H,37-38H2,1H3. The van der Waals surface area contributed by atoms with Gasteiger partial charge >= 0.3 is 0 Å². The number of allylic oxidation sites excluding steroid dienone is 4. The second-order valence-electron chi connectivity index (χ2n) is 17.6. The van der Waals surface area contributed by atoms with Gasteiger partial charge in [0, 0.05) is 38.3 Å². The number of nitrogens with zero attached hydrogens (tertiary/aromatic N) is 2. The summed E-state index contributed by atoms with van der Waals surface area (Å²) < 4.78 is 4.87. The predicted octanol–water partition coefficient (Wildman–Crippen LogP) is 16.2. The van der Waals surface area contributed by atoms with Gasteiger partial charge in [-0.3, -0.25) is 0 Å². The molecular weight excluding hydrogens is 773 g/mol. The van der Waals surface area contributed by atoms with E-state index in [4.69, 9.17) is 0 Å². The molecule has 1 aliphatic rings. The molecule has 9 aromatic carbocycles. The molecule has 11 aromatic rings. The first-order chi connectivity index (χ1) is 31.6. The third-order valence-electron chi connectivity index (χ3n) is 13.6. The van der Waals surface area contributed by atoms with Gasteiger partial charge in [0.15, 0.2) is 0 Å². The number of fused-ring (bicyclic) bond motifs is 6. The Morgan fingerprint density at radius 3 is 1.16 bits per heavy atom. The van der Waals surface area contributed by atoms with Crippen LogP contribution in [-0.2, 0) is 11.8 Å². The van der Waals surface area contributed by atoms with E-state index < -0.39 is 0 Å². The molecule has 1 aliphatic carbocycles. The van der Waals surface area contributed by atoms with Crippen LogP contribution in [0.1, 0.15) is 30.0 Å². The van der Waals surface area contributed by atoms with Gasteiger partial charge in [0.05, 0.1) is 22.1 Å². The lowest BCUT2D eigenvalue weighted by molar-refractivity contribution is 0.600. The minimum absolute atomic E-state index is 0.0309. The van der Waals surface area contributed by atoms with E-state index in [2.05, 4.69) is 253 Å². The topological polar surface area (TPSA) is 9.86 Å². The Kier molecular flexibility index (Phi) is 9.12. The van der Waals surface area contributed by atoms with Crippen molar-refractivity contribution in [1.29, 1.82) is 0 Å².